The largest absolute Gasteiger partial charge is 0.491 e. The first-order chi connectivity index (χ1) is 8.61. The summed E-state index contributed by atoms with van der Waals surface area (Å²) >= 11 is 0.900. The quantitative estimate of drug-likeness (QED) is 0.438. The van der Waals surface area contributed by atoms with Crippen LogP contribution in [0.3, 0.4) is 0 Å². The molecule has 2 rings (SSSR count). The summed E-state index contributed by atoms with van der Waals surface area (Å²) in [7, 11) is 0. The maximum absolute atomic E-state index is 11.3. The molecule has 0 atom stereocenters. The van der Waals surface area contributed by atoms with Crippen LogP contribution in [0.5, 0.6) is 0 Å². The molecule has 2 heterocycles. The molecule has 0 aliphatic carbocycles. The summed E-state index contributed by atoms with van der Waals surface area (Å²) in [6.45, 7) is 1.89. The van der Waals surface area contributed by atoms with Crippen LogP contribution in [0.2, 0.25) is 0 Å². The third-order valence-electron chi connectivity index (χ3n) is 1.70. The van der Waals surface area contributed by atoms with Crippen LogP contribution < -0.4 is 0 Å². The number of ether oxygens (including phenoxy) is 1. The van der Waals surface area contributed by atoms with Crippen LogP contribution in [0, 0.1) is 10.1 Å². The number of rotatable bonds is 4. The highest BCUT2D eigenvalue weighted by Gasteiger charge is 2.20. The van der Waals surface area contributed by atoms with Crippen LogP contribution in [0.25, 0.3) is 5.13 Å². The number of aromatic nitrogens is 5. The lowest BCUT2D eigenvalue weighted by atomic mass is 10.7. The lowest BCUT2D eigenvalue weighted by Crippen LogP contribution is -2.03. The Labute approximate surface area is 103 Å². The van der Waals surface area contributed by atoms with Crippen molar-refractivity contribution >= 4 is 23.3 Å². The Bertz CT molecular complexity index is 592. The van der Waals surface area contributed by atoms with Crippen LogP contribution >= 0.6 is 11.3 Å². The molecule has 11 heteroatoms. The minimum absolute atomic E-state index is 0.0463. The molecular formula is C7H6N6O4S. The van der Waals surface area contributed by atoms with Gasteiger partial charge in [-0.15, -0.1) is 14.9 Å². The van der Waals surface area contributed by atoms with Crippen molar-refractivity contribution < 1.29 is 14.5 Å². The van der Waals surface area contributed by atoms with E-state index in [1.807, 2.05) is 0 Å². The molecule has 0 amide bonds. The maximum atomic E-state index is 11.3. The molecule has 2 aromatic heterocycles. The number of carbonyl (C=O) groups is 1. The maximum Gasteiger partial charge on any atom is 0.491 e. The predicted molar refractivity (Wildman–Crippen MR) is 57.4 cm³/mol. The van der Waals surface area contributed by atoms with Gasteiger partial charge in [-0.25, -0.2) is 4.79 Å². The van der Waals surface area contributed by atoms with E-state index < -0.39 is 16.8 Å². The first-order valence-electron chi connectivity index (χ1n) is 4.69. The van der Waals surface area contributed by atoms with Crippen LogP contribution in [-0.2, 0) is 4.74 Å². The number of esters is 1. The summed E-state index contributed by atoms with van der Waals surface area (Å²) in [5.41, 5.74) is 0. The summed E-state index contributed by atoms with van der Waals surface area (Å²) in [4.78, 5) is 24.5. The molecule has 0 bridgehead atoms. The monoisotopic (exact) mass is 270 g/mol. The van der Waals surface area contributed by atoms with Crippen LogP contribution in [-0.4, -0.2) is 42.5 Å². The molecule has 0 radical (unpaired) electrons. The first-order valence-corrected chi connectivity index (χ1v) is 5.50. The van der Waals surface area contributed by atoms with Crippen molar-refractivity contribution in [3.05, 3.63) is 21.4 Å². The van der Waals surface area contributed by atoms with Gasteiger partial charge in [0, 0.05) is 5.10 Å². The van der Waals surface area contributed by atoms with Gasteiger partial charge in [0.25, 0.3) is 0 Å². The van der Waals surface area contributed by atoms with E-state index in [0.717, 1.165) is 22.3 Å². The standard InChI is InChI=1S/C7H6N6O4S/c1-2-17-5(14)4-9-10-7(18-4)12-3-8-6(11-12)13(15)16/h3H,2H2,1H3. The highest BCUT2D eigenvalue weighted by molar-refractivity contribution is 7.15. The molecule has 10 nitrogen and oxygen atoms in total. The zero-order valence-corrected chi connectivity index (χ0v) is 9.83. The van der Waals surface area contributed by atoms with Gasteiger partial charge in [0.15, 0.2) is 0 Å². The van der Waals surface area contributed by atoms with E-state index in [1.54, 1.807) is 6.92 Å². The highest BCUT2D eigenvalue weighted by atomic mass is 32.1. The normalized spacial score (nSPS) is 10.3. The van der Waals surface area contributed by atoms with Gasteiger partial charge >= 0.3 is 11.9 Å². The summed E-state index contributed by atoms with van der Waals surface area (Å²) in [6, 6.07) is 0. The minimum Gasteiger partial charge on any atom is -0.461 e. The van der Waals surface area contributed by atoms with Gasteiger partial charge in [0.2, 0.25) is 16.5 Å². The molecule has 0 unspecified atom stereocenters. The van der Waals surface area contributed by atoms with E-state index >= 15 is 0 Å². The number of nitro groups is 1. The average Bonchev–Trinajstić information content (AvgIpc) is 2.98. The first kappa shape index (κ1) is 12.0. The minimum atomic E-state index is -0.732. The second kappa shape index (κ2) is 4.83. The SMILES string of the molecule is CCOC(=O)c1nnc(-n2cnc([N+](=O)[O-])n2)s1. The van der Waals surface area contributed by atoms with Gasteiger partial charge < -0.3 is 14.9 Å². The topological polar surface area (TPSA) is 126 Å². The Morgan fingerprint density at radius 1 is 1.61 bits per heavy atom. The van der Waals surface area contributed by atoms with Crippen molar-refractivity contribution in [1.82, 2.24) is 25.0 Å². The van der Waals surface area contributed by atoms with Crippen LogP contribution in [0.15, 0.2) is 6.33 Å². The Kier molecular flexibility index (Phi) is 3.23. The van der Waals surface area contributed by atoms with Crippen LogP contribution in [0.4, 0.5) is 5.95 Å². The molecule has 0 fully saturated rings. The summed E-state index contributed by atoms with van der Waals surface area (Å²) in [6.07, 6.45) is 1.12. The van der Waals surface area contributed by atoms with E-state index in [0.29, 0.717) is 0 Å². The van der Waals surface area contributed by atoms with Crippen molar-refractivity contribution in [3.8, 4) is 5.13 Å². The summed E-state index contributed by atoms with van der Waals surface area (Å²) in [5.74, 6) is -1.15. The average molecular weight is 270 g/mol. The molecule has 94 valence electrons. The van der Waals surface area contributed by atoms with Crippen molar-refractivity contribution in [1.29, 1.82) is 0 Å². The fraction of sp³-hybridized carbons (Fsp3) is 0.286. The third kappa shape index (κ3) is 2.29. The van der Waals surface area contributed by atoms with E-state index in [1.165, 1.54) is 0 Å². The Morgan fingerprint density at radius 3 is 3.00 bits per heavy atom. The molecule has 0 aliphatic heterocycles. The molecular weight excluding hydrogens is 264 g/mol. The second-order valence-corrected chi connectivity index (χ2v) is 3.81. The second-order valence-electron chi connectivity index (χ2n) is 2.86. The van der Waals surface area contributed by atoms with E-state index in [4.69, 9.17) is 4.74 Å². The van der Waals surface area contributed by atoms with Gasteiger partial charge in [0.05, 0.1) is 6.61 Å². The van der Waals surface area contributed by atoms with E-state index in [-0.39, 0.29) is 16.7 Å². The molecule has 0 spiro atoms. The van der Waals surface area contributed by atoms with Crippen molar-refractivity contribution in [3.63, 3.8) is 0 Å². The third-order valence-corrected chi connectivity index (χ3v) is 2.60. The summed E-state index contributed by atoms with van der Waals surface area (Å²) in [5, 5.41) is 21.5. The lowest BCUT2D eigenvalue weighted by Gasteiger charge is -1.94. The van der Waals surface area contributed by atoms with Crippen molar-refractivity contribution in [2.45, 2.75) is 6.92 Å². The fourth-order valence-corrected chi connectivity index (χ4v) is 1.67. The molecule has 0 aromatic carbocycles. The number of hydrogen-bond acceptors (Lipinski definition) is 9. The molecule has 2 aromatic rings. The Balaban J connectivity index is 2.23. The zero-order chi connectivity index (χ0) is 13.1. The number of carbonyl (C=O) groups excluding carboxylic acids is 1. The summed E-state index contributed by atoms with van der Waals surface area (Å²) < 4.78 is 5.80. The fourth-order valence-electron chi connectivity index (χ4n) is 1.01. The van der Waals surface area contributed by atoms with Crippen molar-refractivity contribution in [2.24, 2.45) is 0 Å². The molecule has 0 aliphatic rings. The van der Waals surface area contributed by atoms with Gasteiger partial charge in [-0.05, 0) is 11.8 Å². The smallest absolute Gasteiger partial charge is 0.461 e. The predicted octanol–water partition coefficient (Wildman–Crippen LogP) is 0.204. The Hall–Kier alpha value is -2.43. The van der Waals surface area contributed by atoms with E-state index in [9.17, 15) is 14.9 Å². The zero-order valence-electron chi connectivity index (χ0n) is 9.01. The number of nitrogens with zero attached hydrogens (tertiary/aromatic N) is 6. The molecule has 0 saturated carbocycles. The van der Waals surface area contributed by atoms with Gasteiger partial charge in [0.1, 0.15) is 0 Å². The highest BCUT2D eigenvalue weighted by Crippen LogP contribution is 2.15. The Morgan fingerprint density at radius 2 is 2.39 bits per heavy atom. The van der Waals surface area contributed by atoms with Gasteiger partial charge in [-0.2, -0.15) is 0 Å². The van der Waals surface area contributed by atoms with Crippen LogP contribution in [0.1, 0.15) is 16.7 Å². The van der Waals surface area contributed by atoms with Gasteiger partial charge in [-0.1, -0.05) is 16.3 Å². The molecule has 0 saturated heterocycles. The lowest BCUT2D eigenvalue weighted by molar-refractivity contribution is -0.394. The van der Waals surface area contributed by atoms with Gasteiger partial charge in [-0.3, -0.25) is 0 Å². The number of hydrogen-bond donors (Lipinski definition) is 0. The van der Waals surface area contributed by atoms with E-state index in [2.05, 4.69) is 20.3 Å². The molecule has 0 N–H and O–H groups in total. The van der Waals surface area contributed by atoms with Crippen molar-refractivity contribution in [2.75, 3.05) is 6.61 Å². The molecule has 18 heavy (non-hydrogen) atoms.